The standard InChI is InChI=1S/C17H27BrN2/c1-3-5-14-6-4-10-20(11-9-14)16-8-7-15(13-19-2)17(18)12-16/h7-8,12,14,19H,3-6,9-11,13H2,1-2H3. The molecule has 112 valence electrons. The lowest BCUT2D eigenvalue weighted by Gasteiger charge is -2.24. The van der Waals surface area contributed by atoms with Crippen LogP contribution in [0.4, 0.5) is 5.69 Å². The first-order chi connectivity index (χ1) is 9.74. The SMILES string of the molecule is CCCC1CCCN(c2ccc(CNC)c(Br)c2)CC1. The maximum Gasteiger partial charge on any atom is 0.0377 e. The minimum absolute atomic E-state index is 0.916. The maximum absolute atomic E-state index is 3.70. The molecule has 1 atom stereocenters. The van der Waals surface area contributed by atoms with Crippen LogP contribution in [0, 0.1) is 5.92 Å². The van der Waals surface area contributed by atoms with Gasteiger partial charge in [0, 0.05) is 29.8 Å². The van der Waals surface area contributed by atoms with Gasteiger partial charge in [-0.15, -0.1) is 0 Å². The predicted molar refractivity (Wildman–Crippen MR) is 91.4 cm³/mol. The van der Waals surface area contributed by atoms with E-state index in [-0.39, 0.29) is 0 Å². The third-order valence-electron chi connectivity index (χ3n) is 4.31. The van der Waals surface area contributed by atoms with Gasteiger partial charge >= 0.3 is 0 Å². The Labute approximate surface area is 132 Å². The van der Waals surface area contributed by atoms with Crippen molar-refractivity contribution in [1.29, 1.82) is 0 Å². The minimum atomic E-state index is 0.916. The molecule has 0 amide bonds. The van der Waals surface area contributed by atoms with E-state index in [1.54, 1.807) is 0 Å². The number of nitrogens with zero attached hydrogens (tertiary/aromatic N) is 1. The Morgan fingerprint density at radius 1 is 1.30 bits per heavy atom. The number of nitrogens with one attached hydrogen (secondary N) is 1. The zero-order chi connectivity index (χ0) is 14.4. The lowest BCUT2D eigenvalue weighted by molar-refractivity contribution is 0.435. The molecule has 2 rings (SSSR count). The van der Waals surface area contributed by atoms with Gasteiger partial charge in [-0.1, -0.05) is 41.8 Å². The summed E-state index contributed by atoms with van der Waals surface area (Å²) < 4.78 is 1.22. The number of hydrogen-bond donors (Lipinski definition) is 1. The molecule has 20 heavy (non-hydrogen) atoms. The normalized spacial score (nSPS) is 19.9. The van der Waals surface area contributed by atoms with Crippen LogP contribution in [0.25, 0.3) is 0 Å². The number of hydrogen-bond acceptors (Lipinski definition) is 2. The number of rotatable bonds is 5. The van der Waals surface area contributed by atoms with E-state index in [9.17, 15) is 0 Å². The fourth-order valence-corrected chi connectivity index (χ4v) is 3.69. The van der Waals surface area contributed by atoms with Crippen molar-refractivity contribution in [3.05, 3.63) is 28.2 Å². The van der Waals surface area contributed by atoms with E-state index in [0.29, 0.717) is 0 Å². The molecule has 1 fully saturated rings. The highest BCUT2D eigenvalue weighted by Crippen LogP contribution is 2.28. The highest BCUT2D eigenvalue weighted by Gasteiger charge is 2.17. The molecule has 1 unspecified atom stereocenters. The monoisotopic (exact) mass is 338 g/mol. The van der Waals surface area contributed by atoms with Crippen LogP contribution in [0.2, 0.25) is 0 Å². The predicted octanol–water partition coefficient (Wildman–Crippen LogP) is 4.58. The average Bonchev–Trinajstić information content (AvgIpc) is 2.67. The van der Waals surface area contributed by atoms with Crippen molar-refractivity contribution in [3.63, 3.8) is 0 Å². The molecule has 1 saturated heterocycles. The van der Waals surface area contributed by atoms with E-state index in [1.165, 1.54) is 60.9 Å². The molecular formula is C17H27BrN2. The van der Waals surface area contributed by atoms with E-state index in [0.717, 1.165) is 12.5 Å². The highest BCUT2D eigenvalue weighted by atomic mass is 79.9. The Balaban J connectivity index is 2.02. The molecule has 0 saturated carbocycles. The summed E-state index contributed by atoms with van der Waals surface area (Å²) in [6.45, 7) is 5.64. The molecule has 2 nitrogen and oxygen atoms in total. The van der Waals surface area contributed by atoms with Crippen LogP contribution in [0.1, 0.15) is 44.6 Å². The fraction of sp³-hybridized carbons (Fsp3) is 0.647. The van der Waals surface area contributed by atoms with Crippen LogP contribution < -0.4 is 10.2 Å². The lowest BCUT2D eigenvalue weighted by atomic mass is 9.96. The van der Waals surface area contributed by atoms with Gasteiger partial charge in [0.15, 0.2) is 0 Å². The summed E-state index contributed by atoms with van der Waals surface area (Å²) in [6, 6.07) is 6.80. The average molecular weight is 339 g/mol. The smallest absolute Gasteiger partial charge is 0.0377 e. The lowest BCUT2D eigenvalue weighted by Crippen LogP contribution is -2.24. The minimum Gasteiger partial charge on any atom is -0.371 e. The van der Waals surface area contributed by atoms with Crippen molar-refractivity contribution >= 4 is 21.6 Å². The Hall–Kier alpha value is -0.540. The van der Waals surface area contributed by atoms with Crippen molar-refractivity contribution in [1.82, 2.24) is 5.32 Å². The van der Waals surface area contributed by atoms with Gasteiger partial charge in [0.05, 0.1) is 0 Å². The van der Waals surface area contributed by atoms with Crippen LogP contribution in [0.3, 0.4) is 0 Å². The first kappa shape index (κ1) is 15.8. The Morgan fingerprint density at radius 2 is 2.15 bits per heavy atom. The molecule has 0 aliphatic carbocycles. The van der Waals surface area contributed by atoms with Gasteiger partial charge in [-0.3, -0.25) is 0 Å². The second-order valence-corrected chi connectivity index (χ2v) is 6.73. The molecule has 1 aromatic rings. The van der Waals surface area contributed by atoms with E-state index >= 15 is 0 Å². The van der Waals surface area contributed by atoms with Crippen LogP contribution in [-0.4, -0.2) is 20.1 Å². The molecule has 0 radical (unpaired) electrons. The molecule has 0 spiro atoms. The Morgan fingerprint density at radius 3 is 2.85 bits per heavy atom. The number of anilines is 1. The molecule has 3 heteroatoms. The second kappa shape index (κ2) is 8.04. The summed E-state index contributed by atoms with van der Waals surface area (Å²) in [5, 5.41) is 3.21. The van der Waals surface area contributed by atoms with Gasteiger partial charge in [0.1, 0.15) is 0 Å². The summed E-state index contributed by atoms with van der Waals surface area (Å²) in [5.41, 5.74) is 2.70. The van der Waals surface area contributed by atoms with Crippen molar-refractivity contribution in [2.24, 2.45) is 5.92 Å². The summed E-state index contributed by atoms with van der Waals surface area (Å²) in [5.74, 6) is 0.942. The van der Waals surface area contributed by atoms with Crippen LogP contribution in [-0.2, 0) is 6.54 Å². The van der Waals surface area contributed by atoms with Crippen LogP contribution in [0.5, 0.6) is 0 Å². The van der Waals surface area contributed by atoms with Gasteiger partial charge in [-0.25, -0.2) is 0 Å². The molecular weight excluding hydrogens is 312 g/mol. The zero-order valence-electron chi connectivity index (χ0n) is 12.8. The second-order valence-electron chi connectivity index (χ2n) is 5.88. The van der Waals surface area contributed by atoms with Crippen molar-refractivity contribution < 1.29 is 0 Å². The molecule has 1 N–H and O–H groups in total. The third kappa shape index (κ3) is 4.23. The van der Waals surface area contributed by atoms with E-state index in [4.69, 9.17) is 0 Å². The first-order valence-electron chi connectivity index (χ1n) is 7.92. The molecule has 1 aromatic carbocycles. The summed E-state index contributed by atoms with van der Waals surface area (Å²) in [6.07, 6.45) is 6.82. The van der Waals surface area contributed by atoms with Gasteiger partial charge in [0.25, 0.3) is 0 Å². The quantitative estimate of drug-likeness (QED) is 0.845. The maximum atomic E-state index is 3.70. The Bertz CT molecular complexity index is 419. The molecule has 1 heterocycles. The number of benzene rings is 1. The van der Waals surface area contributed by atoms with E-state index < -0.39 is 0 Å². The van der Waals surface area contributed by atoms with Gasteiger partial charge in [-0.2, -0.15) is 0 Å². The molecule has 1 aliphatic heterocycles. The van der Waals surface area contributed by atoms with Crippen molar-refractivity contribution in [3.8, 4) is 0 Å². The van der Waals surface area contributed by atoms with Gasteiger partial charge in [-0.05, 0) is 49.9 Å². The topological polar surface area (TPSA) is 15.3 Å². The molecule has 0 bridgehead atoms. The van der Waals surface area contributed by atoms with Gasteiger partial charge < -0.3 is 10.2 Å². The van der Waals surface area contributed by atoms with E-state index in [2.05, 4.69) is 51.3 Å². The summed E-state index contributed by atoms with van der Waals surface area (Å²) in [7, 11) is 1.99. The van der Waals surface area contributed by atoms with Gasteiger partial charge in [0.2, 0.25) is 0 Å². The van der Waals surface area contributed by atoms with Crippen molar-refractivity contribution in [2.45, 2.75) is 45.6 Å². The van der Waals surface area contributed by atoms with Crippen molar-refractivity contribution in [2.75, 3.05) is 25.0 Å². The van der Waals surface area contributed by atoms with Crippen LogP contribution >= 0.6 is 15.9 Å². The van der Waals surface area contributed by atoms with Crippen LogP contribution in [0.15, 0.2) is 22.7 Å². The zero-order valence-corrected chi connectivity index (χ0v) is 14.4. The summed E-state index contributed by atoms with van der Waals surface area (Å²) >= 11 is 3.70. The number of halogens is 1. The van der Waals surface area contributed by atoms with E-state index in [1.807, 2.05) is 7.05 Å². The first-order valence-corrected chi connectivity index (χ1v) is 8.72. The third-order valence-corrected chi connectivity index (χ3v) is 5.05. The summed E-state index contributed by atoms with van der Waals surface area (Å²) in [4.78, 5) is 2.56. The Kier molecular flexibility index (Phi) is 6.37. The largest absolute Gasteiger partial charge is 0.371 e. The molecule has 0 aromatic heterocycles. The highest BCUT2D eigenvalue weighted by molar-refractivity contribution is 9.10. The molecule has 1 aliphatic rings. The fourth-order valence-electron chi connectivity index (χ4n) is 3.19.